The Bertz CT molecular complexity index is 233. The molecule has 0 saturated carbocycles. The normalized spacial score (nSPS) is 10.2. The fraction of sp³-hybridized carbons (Fsp3) is 0.800. The molecule has 0 aromatic rings. The van der Waals surface area contributed by atoms with Crippen LogP contribution in [0.2, 0.25) is 0 Å². The number of aliphatic hydroxyl groups is 1. The smallest absolute Gasteiger partial charge is 0.329 e. The van der Waals surface area contributed by atoms with Gasteiger partial charge in [-0.3, -0.25) is 4.79 Å². The van der Waals surface area contributed by atoms with Crippen LogP contribution in [0.1, 0.15) is 6.92 Å². The molecular formula is C10H19NO6. The predicted molar refractivity (Wildman–Crippen MR) is 58.6 cm³/mol. The van der Waals surface area contributed by atoms with Crippen LogP contribution in [0.3, 0.4) is 0 Å². The molecular weight excluding hydrogens is 230 g/mol. The van der Waals surface area contributed by atoms with Crippen LogP contribution >= 0.6 is 0 Å². The zero-order valence-electron chi connectivity index (χ0n) is 9.92. The number of amides is 1. The Balaban J connectivity index is 3.42. The lowest BCUT2D eigenvalue weighted by Gasteiger charge is -2.19. The van der Waals surface area contributed by atoms with Gasteiger partial charge in [-0.25, -0.2) is 4.79 Å². The Morgan fingerprint density at radius 2 is 1.76 bits per heavy atom. The Morgan fingerprint density at radius 3 is 2.29 bits per heavy atom. The number of aliphatic hydroxyl groups excluding tert-OH is 1. The number of nitrogens with zero attached hydrogens (tertiary/aromatic N) is 1. The van der Waals surface area contributed by atoms with Gasteiger partial charge in [0.05, 0.1) is 26.4 Å². The van der Waals surface area contributed by atoms with Crippen molar-refractivity contribution in [3.05, 3.63) is 0 Å². The van der Waals surface area contributed by atoms with Crippen LogP contribution in [-0.4, -0.2) is 73.1 Å². The Labute approximate surface area is 99.9 Å². The highest BCUT2D eigenvalue weighted by atomic mass is 16.5. The Hall–Kier alpha value is -1.18. The lowest BCUT2D eigenvalue weighted by atomic mass is 10.4. The monoisotopic (exact) mass is 249 g/mol. The minimum atomic E-state index is -1.02. The Kier molecular flexibility index (Phi) is 9.31. The summed E-state index contributed by atoms with van der Waals surface area (Å²) in [5.74, 6) is -1.14. The summed E-state index contributed by atoms with van der Waals surface area (Å²) in [6.45, 7) is 2.49. The molecule has 7 nitrogen and oxygen atoms in total. The molecule has 0 rings (SSSR count). The zero-order chi connectivity index (χ0) is 13.1. The summed E-state index contributed by atoms with van der Waals surface area (Å²) in [6.07, 6.45) is 0. The van der Waals surface area contributed by atoms with E-state index in [0.717, 1.165) is 0 Å². The van der Waals surface area contributed by atoms with E-state index in [1.165, 1.54) is 11.8 Å². The number of carbonyl (C=O) groups excluding carboxylic acids is 1. The molecule has 0 aliphatic heterocycles. The van der Waals surface area contributed by atoms with Gasteiger partial charge in [-0.2, -0.15) is 0 Å². The average molecular weight is 249 g/mol. The number of rotatable bonds is 10. The standard InChI is InChI=1S/C10H19NO6/c1-9(13)11(2-4-12)3-5-16-6-7-17-8-10(14)15/h12H,2-8H2,1H3,(H,14,15). The van der Waals surface area contributed by atoms with Crippen molar-refractivity contribution in [2.45, 2.75) is 6.92 Å². The molecule has 0 radical (unpaired) electrons. The summed E-state index contributed by atoms with van der Waals surface area (Å²) in [6, 6.07) is 0. The van der Waals surface area contributed by atoms with Crippen LogP contribution in [0.4, 0.5) is 0 Å². The zero-order valence-corrected chi connectivity index (χ0v) is 9.92. The molecule has 17 heavy (non-hydrogen) atoms. The molecule has 0 saturated heterocycles. The summed E-state index contributed by atoms with van der Waals surface area (Å²) in [5.41, 5.74) is 0. The summed E-state index contributed by atoms with van der Waals surface area (Å²) < 4.78 is 9.90. The number of aliphatic carboxylic acids is 1. The lowest BCUT2D eigenvalue weighted by molar-refractivity contribution is -0.142. The van der Waals surface area contributed by atoms with Gasteiger partial charge >= 0.3 is 5.97 Å². The van der Waals surface area contributed by atoms with Crippen molar-refractivity contribution in [1.29, 1.82) is 0 Å². The maximum Gasteiger partial charge on any atom is 0.329 e. The molecule has 7 heteroatoms. The highest BCUT2D eigenvalue weighted by molar-refractivity contribution is 5.73. The lowest BCUT2D eigenvalue weighted by Crippen LogP contribution is -2.34. The van der Waals surface area contributed by atoms with Crippen LogP contribution in [0.25, 0.3) is 0 Å². The number of carbonyl (C=O) groups is 2. The van der Waals surface area contributed by atoms with Crippen molar-refractivity contribution in [1.82, 2.24) is 4.90 Å². The fourth-order valence-corrected chi connectivity index (χ4v) is 1.10. The molecule has 0 aliphatic rings. The minimum Gasteiger partial charge on any atom is -0.480 e. The van der Waals surface area contributed by atoms with E-state index in [9.17, 15) is 9.59 Å². The van der Waals surface area contributed by atoms with Crippen molar-refractivity contribution >= 4 is 11.9 Å². The third-order valence-electron chi connectivity index (χ3n) is 1.92. The number of hydrogen-bond acceptors (Lipinski definition) is 5. The number of carboxylic acid groups (broad SMARTS) is 1. The van der Waals surface area contributed by atoms with E-state index >= 15 is 0 Å². The van der Waals surface area contributed by atoms with Gasteiger partial charge in [-0.1, -0.05) is 0 Å². The van der Waals surface area contributed by atoms with E-state index in [1.807, 2.05) is 0 Å². The predicted octanol–water partition coefficient (Wildman–Crippen LogP) is -1.05. The van der Waals surface area contributed by atoms with Gasteiger partial charge in [0.1, 0.15) is 6.61 Å². The molecule has 0 fully saturated rings. The second kappa shape index (κ2) is 10.0. The van der Waals surface area contributed by atoms with E-state index in [4.69, 9.17) is 19.7 Å². The second-order valence-electron chi connectivity index (χ2n) is 3.29. The van der Waals surface area contributed by atoms with Crippen LogP contribution in [-0.2, 0) is 19.1 Å². The third-order valence-corrected chi connectivity index (χ3v) is 1.92. The quantitative estimate of drug-likeness (QED) is 0.479. The van der Waals surface area contributed by atoms with Crippen molar-refractivity contribution in [3.8, 4) is 0 Å². The molecule has 0 aliphatic carbocycles. The summed E-state index contributed by atoms with van der Waals surface area (Å²) >= 11 is 0. The van der Waals surface area contributed by atoms with Gasteiger partial charge in [0.25, 0.3) is 0 Å². The van der Waals surface area contributed by atoms with Crippen molar-refractivity contribution in [2.75, 3.05) is 46.1 Å². The van der Waals surface area contributed by atoms with Gasteiger partial charge in [-0.05, 0) is 0 Å². The largest absolute Gasteiger partial charge is 0.480 e. The second-order valence-corrected chi connectivity index (χ2v) is 3.29. The summed E-state index contributed by atoms with van der Waals surface area (Å²) in [5, 5.41) is 17.0. The van der Waals surface area contributed by atoms with Gasteiger partial charge in [0.2, 0.25) is 5.91 Å². The maximum absolute atomic E-state index is 11.0. The molecule has 0 aromatic carbocycles. The summed E-state index contributed by atoms with van der Waals surface area (Å²) in [4.78, 5) is 22.6. The first-order valence-corrected chi connectivity index (χ1v) is 5.31. The van der Waals surface area contributed by atoms with E-state index in [0.29, 0.717) is 13.2 Å². The van der Waals surface area contributed by atoms with Crippen LogP contribution in [0.5, 0.6) is 0 Å². The third kappa shape index (κ3) is 9.73. The molecule has 2 N–H and O–H groups in total. The molecule has 0 aromatic heterocycles. The number of hydrogen-bond donors (Lipinski definition) is 2. The van der Waals surface area contributed by atoms with E-state index in [2.05, 4.69) is 0 Å². The van der Waals surface area contributed by atoms with Crippen LogP contribution < -0.4 is 0 Å². The SMILES string of the molecule is CC(=O)N(CCO)CCOCCOCC(=O)O. The van der Waals surface area contributed by atoms with Gasteiger partial charge in [-0.15, -0.1) is 0 Å². The number of carboxylic acids is 1. The molecule has 0 spiro atoms. The van der Waals surface area contributed by atoms with E-state index in [-0.39, 0.29) is 38.9 Å². The Morgan fingerprint density at radius 1 is 1.12 bits per heavy atom. The highest BCUT2D eigenvalue weighted by Gasteiger charge is 2.06. The topological polar surface area (TPSA) is 96.3 Å². The van der Waals surface area contributed by atoms with Crippen molar-refractivity contribution < 1.29 is 29.3 Å². The molecule has 1 amide bonds. The van der Waals surface area contributed by atoms with Crippen molar-refractivity contribution in [2.24, 2.45) is 0 Å². The maximum atomic E-state index is 11.0. The van der Waals surface area contributed by atoms with Crippen molar-refractivity contribution in [3.63, 3.8) is 0 Å². The molecule has 0 bridgehead atoms. The molecule has 0 heterocycles. The van der Waals surface area contributed by atoms with Gasteiger partial charge < -0.3 is 24.6 Å². The molecule has 0 unspecified atom stereocenters. The fourth-order valence-electron chi connectivity index (χ4n) is 1.10. The van der Waals surface area contributed by atoms with Crippen LogP contribution in [0, 0.1) is 0 Å². The van der Waals surface area contributed by atoms with E-state index < -0.39 is 5.97 Å². The van der Waals surface area contributed by atoms with E-state index in [1.54, 1.807) is 0 Å². The minimum absolute atomic E-state index is 0.0820. The molecule has 0 atom stereocenters. The first-order chi connectivity index (χ1) is 8.07. The first kappa shape index (κ1) is 15.8. The van der Waals surface area contributed by atoms with Crippen LogP contribution in [0.15, 0.2) is 0 Å². The first-order valence-electron chi connectivity index (χ1n) is 5.31. The summed E-state index contributed by atoms with van der Waals surface area (Å²) in [7, 11) is 0. The van der Waals surface area contributed by atoms with Gasteiger partial charge in [0, 0.05) is 20.0 Å². The number of ether oxygens (including phenoxy) is 2. The average Bonchev–Trinajstić information content (AvgIpc) is 2.25. The highest BCUT2D eigenvalue weighted by Crippen LogP contribution is 1.89. The molecule has 100 valence electrons. The van der Waals surface area contributed by atoms with Gasteiger partial charge in [0.15, 0.2) is 0 Å².